The molecule has 0 radical (unpaired) electrons. The Hall–Kier alpha value is -1.52. The summed E-state index contributed by atoms with van der Waals surface area (Å²) >= 11 is 0.895. The van der Waals surface area contributed by atoms with Gasteiger partial charge < -0.3 is 10.0 Å². The lowest BCUT2D eigenvalue weighted by atomic mass is 10.1. The number of benzene rings is 1. The second-order valence-electron chi connectivity index (χ2n) is 5.47. The summed E-state index contributed by atoms with van der Waals surface area (Å²) in [6.45, 7) is 1.63. The van der Waals surface area contributed by atoms with Gasteiger partial charge in [0.25, 0.3) is 5.72 Å². The maximum absolute atomic E-state index is 13.2. The third-order valence-corrected chi connectivity index (χ3v) is 6.68. The van der Waals surface area contributed by atoms with Crippen LogP contribution in [0.1, 0.15) is 13.3 Å². The van der Waals surface area contributed by atoms with Crippen molar-refractivity contribution in [2.45, 2.75) is 35.5 Å². The summed E-state index contributed by atoms with van der Waals surface area (Å²) in [6.07, 6.45) is -4.74. The highest BCUT2D eigenvalue weighted by Crippen LogP contribution is 2.45. The first-order valence-corrected chi connectivity index (χ1v) is 9.23. The van der Waals surface area contributed by atoms with E-state index in [1.54, 1.807) is 13.0 Å². The molecule has 130 valence electrons. The third-order valence-electron chi connectivity index (χ3n) is 3.73. The Kier molecular flexibility index (Phi) is 3.97. The number of hydrogen-bond donors (Lipinski definition) is 1. The SMILES string of the molecule is CC1=CN2C(=N[C@](O)(C(F)(F)F)C[C@H]2S(=O)(=O)c2ccccc2)S1. The predicted octanol–water partition coefficient (Wildman–Crippen LogP) is 2.71. The van der Waals surface area contributed by atoms with Crippen molar-refractivity contribution in [2.75, 3.05) is 0 Å². The van der Waals surface area contributed by atoms with Crippen LogP contribution in [0.25, 0.3) is 0 Å². The highest BCUT2D eigenvalue weighted by Gasteiger charge is 2.60. The van der Waals surface area contributed by atoms with Gasteiger partial charge in [0.05, 0.1) is 4.90 Å². The molecule has 0 saturated carbocycles. The molecule has 0 aliphatic carbocycles. The number of fused-ring (bicyclic) bond motifs is 1. The van der Waals surface area contributed by atoms with E-state index in [0.717, 1.165) is 11.8 Å². The minimum absolute atomic E-state index is 0.108. The second kappa shape index (κ2) is 5.50. The number of rotatable bonds is 2. The Balaban J connectivity index is 2.12. The maximum Gasteiger partial charge on any atom is 0.438 e. The smallest absolute Gasteiger partial charge is 0.362 e. The Morgan fingerprint density at radius 2 is 1.96 bits per heavy atom. The van der Waals surface area contributed by atoms with Gasteiger partial charge >= 0.3 is 6.18 Å². The van der Waals surface area contributed by atoms with Gasteiger partial charge in [0.2, 0.25) is 0 Å². The second-order valence-corrected chi connectivity index (χ2v) is 8.79. The molecular formula is C14H13F3N2O3S2. The zero-order chi connectivity index (χ0) is 17.8. The third kappa shape index (κ3) is 2.72. The van der Waals surface area contributed by atoms with Gasteiger partial charge in [-0.2, -0.15) is 13.2 Å². The molecule has 1 aromatic carbocycles. The molecule has 1 aromatic rings. The summed E-state index contributed by atoms with van der Waals surface area (Å²) in [5.74, 6) is 0. The van der Waals surface area contributed by atoms with E-state index in [4.69, 9.17) is 0 Å². The zero-order valence-electron chi connectivity index (χ0n) is 12.4. The number of aliphatic hydroxyl groups is 1. The molecule has 0 unspecified atom stereocenters. The topological polar surface area (TPSA) is 70.0 Å². The molecule has 2 heterocycles. The molecule has 3 rings (SSSR count). The highest BCUT2D eigenvalue weighted by molar-refractivity contribution is 8.17. The molecule has 0 saturated heterocycles. The standard InChI is InChI=1S/C14H13F3N2O3S2/c1-9-8-19-11(24(21,22)10-5-3-2-4-6-10)7-13(20,14(15,16)17)18-12(19)23-9/h2-6,8,11,20H,7H2,1H3/t11-,13-/m1/s1. The quantitative estimate of drug-likeness (QED) is 0.857. The van der Waals surface area contributed by atoms with Crippen molar-refractivity contribution in [2.24, 2.45) is 4.99 Å². The molecule has 0 bridgehead atoms. The number of sulfone groups is 1. The number of nitrogens with zero attached hydrogens (tertiary/aromatic N) is 2. The average Bonchev–Trinajstić information content (AvgIpc) is 2.86. The predicted molar refractivity (Wildman–Crippen MR) is 83.7 cm³/mol. The molecule has 2 atom stereocenters. The molecule has 24 heavy (non-hydrogen) atoms. The van der Waals surface area contributed by atoms with Gasteiger partial charge in [-0.25, -0.2) is 13.4 Å². The number of halogens is 3. The number of hydrogen-bond acceptors (Lipinski definition) is 6. The van der Waals surface area contributed by atoms with Crippen molar-refractivity contribution >= 4 is 26.8 Å². The summed E-state index contributed by atoms with van der Waals surface area (Å²) in [6, 6.07) is 7.20. The fourth-order valence-electron chi connectivity index (χ4n) is 2.51. The van der Waals surface area contributed by atoms with Crippen molar-refractivity contribution < 1.29 is 26.7 Å². The van der Waals surface area contributed by atoms with E-state index in [-0.39, 0.29) is 10.1 Å². The van der Waals surface area contributed by atoms with Crippen LogP contribution in [0.5, 0.6) is 0 Å². The summed E-state index contributed by atoms with van der Waals surface area (Å²) in [4.78, 5) is 5.04. The van der Waals surface area contributed by atoms with E-state index in [0.29, 0.717) is 4.91 Å². The van der Waals surface area contributed by atoms with Gasteiger partial charge in [-0.15, -0.1) is 0 Å². The first-order valence-electron chi connectivity index (χ1n) is 6.87. The molecule has 5 nitrogen and oxygen atoms in total. The summed E-state index contributed by atoms with van der Waals surface area (Å²) < 4.78 is 65.4. The highest BCUT2D eigenvalue weighted by atomic mass is 32.2. The van der Waals surface area contributed by atoms with E-state index in [9.17, 15) is 26.7 Å². The molecule has 0 spiro atoms. The van der Waals surface area contributed by atoms with Crippen LogP contribution in [0.4, 0.5) is 13.2 Å². The van der Waals surface area contributed by atoms with Crippen LogP contribution < -0.4 is 0 Å². The van der Waals surface area contributed by atoms with Gasteiger partial charge in [-0.3, -0.25) is 0 Å². The minimum atomic E-state index is -5.08. The molecular weight excluding hydrogens is 365 g/mol. The normalized spacial score (nSPS) is 27.5. The van der Waals surface area contributed by atoms with E-state index in [1.165, 1.54) is 35.4 Å². The number of alkyl halides is 3. The zero-order valence-corrected chi connectivity index (χ0v) is 14.0. The van der Waals surface area contributed by atoms with Gasteiger partial charge in [-0.05, 0) is 19.1 Å². The molecule has 0 fully saturated rings. The number of amidine groups is 1. The van der Waals surface area contributed by atoms with Crippen molar-refractivity contribution in [3.8, 4) is 0 Å². The average molecular weight is 378 g/mol. The van der Waals surface area contributed by atoms with Crippen LogP contribution in [0, 0.1) is 0 Å². The Bertz CT molecular complexity index is 821. The first-order chi connectivity index (χ1) is 11.0. The fourth-order valence-corrected chi connectivity index (χ4v) is 5.28. The lowest BCUT2D eigenvalue weighted by Crippen LogP contribution is -2.56. The van der Waals surface area contributed by atoms with Crippen molar-refractivity contribution in [1.82, 2.24) is 4.90 Å². The Labute approximate surface area is 140 Å². The van der Waals surface area contributed by atoms with E-state index >= 15 is 0 Å². The van der Waals surface area contributed by atoms with Crippen LogP contribution in [-0.2, 0) is 9.84 Å². The van der Waals surface area contributed by atoms with E-state index in [2.05, 4.69) is 4.99 Å². The summed E-state index contributed by atoms with van der Waals surface area (Å²) in [5, 5.41) is 8.21. The molecule has 0 aromatic heterocycles. The summed E-state index contributed by atoms with van der Waals surface area (Å²) in [5.41, 5.74) is -3.43. The van der Waals surface area contributed by atoms with Gasteiger partial charge in [0, 0.05) is 17.5 Å². The van der Waals surface area contributed by atoms with Crippen LogP contribution in [0.15, 0.2) is 51.3 Å². The minimum Gasteiger partial charge on any atom is -0.362 e. The number of allylic oxidation sites excluding steroid dienone is 1. The van der Waals surface area contributed by atoms with Crippen LogP contribution in [0.2, 0.25) is 0 Å². The molecule has 10 heteroatoms. The lowest BCUT2D eigenvalue weighted by Gasteiger charge is -2.39. The largest absolute Gasteiger partial charge is 0.438 e. The number of aliphatic imine (C=N–C) groups is 1. The molecule has 2 aliphatic heterocycles. The van der Waals surface area contributed by atoms with E-state index in [1.807, 2.05) is 0 Å². The molecule has 2 aliphatic rings. The lowest BCUT2D eigenvalue weighted by molar-refractivity contribution is -0.262. The summed E-state index contributed by atoms with van der Waals surface area (Å²) in [7, 11) is -4.14. The van der Waals surface area contributed by atoms with Gasteiger partial charge in [0.15, 0.2) is 15.0 Å². The van der Waals surface area contributed by atoms with Gasteiger partial charge in [0.1, 0.15) is 5.37 Å². The monoisotopic (exact) mass is 378 g/mol. The Morgan fingerprint density at radius 1 is 1.33 bits per heavy atom. The van der Waals surface area contributed by atoms with Crippen molar-refractivity contribution in [1.29, 1.82) is 0 Å². The van der Waals surface area contributed by atoms with Crippen LogP contribution >= 0.6 is 11.8 Å². The van der Waals surface area contributed by atoms with Crippen molar-refractivity contribution in [3.63, 3.8) is 0 Å². The first kappa shape index (κ1) is 17.3. The van der Waals surface area contributed by atoms with Crippen LogP contribution in [0.3, 0.4) is 0 Å². The van der Waals surface area contributed by atoms with Gasteiger partial charge in [-0.1, -0.05) is 30.0 Å². The van der Waals surface area contributed by atoms with E-state index < -0.39 is 33.5 Å². The molecule has 0 amide bonds. The van der Waals surface area contributed by atoms with Crippen LogP contribution in [-0.4, -0.2) is 40.9 Å². The Morgan fingerprint density at radius 3 is 2.54 bits per heavy atom. The number of thioether (sulfide) groups is 1. The fraction of sp³-hybridized carbons (Fsp3) is 0.357. The van der Waals surface area contributed by atoms with Crippen molar-refractivity contribution in [3.05, 3.63) is 41.4 Å². The maximum atomic E-state index is 13.2. The molecule has 1 N–H and O–H groups in total.